The molecule has 0 aromatic carbocycles. The van der Waals surface area contributed by atoms with E-state index >= 15 is 0 Å². The highest BCUT2D eigenvalue weighted by Crippen LogP contribution is 2.35. The minimum absolute atomic E-state index is 0.554. The second kappa shape index (κ2) is 5.04. The van der Waals surface area contributed by atoms with Crippen LogP contribution in [0.3, 0.4) is 0 Å². The maximum atomic E-state index is 4.47. The van der Waals surface area contributed by atoms with Gasteiger partial charge in [0.25, 0.3) is 0 Å². The zero-order chi connectivity index (χ0) is 13.3. The molecule has 0 bridgehead atoms. The quantitative estimate of drug-likeness (QED) is 0.892. The molecular formula is C15H27N3. The Bertz CT molecular complexity index is 408. The molecule has 1 aliphatic rings. The van der Waals surface area contributed by atoms with Crippen LogP contribution < -0.4 is 5.32 Å². The zero-order valence-electron chi connectivity index (χ0n) is 12.5. The normalized spacial score (nSPS) is 20.3. The average molecular weight is 249 g/mol. The lowest BCUT2D eigenvalue weighted by molar-refractivity contribution is 0.206. The van der Waals surface area contributed by atoms with Crippen molar-refractivity contribution in [2.45, 2.75) is 66.0 Å². The largest absolute Gasteiger partial charge is 0.310 e. The van der Waals surface area contributed by atoms with Gasteiger partial charge in [0.15, 0.2) is 0 Å². The van der Waals surface area contributed by atoms with Gasteiger partial charge < -0.3 is 5.32 Å². The fraction of sp³-hybridized carbons (Fsp3) is 0.800. The van der Waals surface area contributed by atoms with Crippen molar-refractivity contribution in [3.05, 3.63) is 17.0 Å². The van der Waals surface area contributed by atoms with Gasteiger partial charge in [-0.1, -0.05) is 13.8 Å². The van der Waals surface area contributed by atoms with Crippen LogP contribution in [0.1, 0.15) is 56.5 Å². The van der Waals surface area contributed by atoms with Crippen molar-refractivity contribution in [2.75, 3.05) is 0 Å². The smallest absolute Gasteiger partial charge is 0.0641 e. The molecule has 0 saturated heterocycles. The number of rotatable bonds is 3. The maximum Gasteiger partial charge on any atom is 0.0641 e. The Morgan fingerprint density at radius 3 is 2.39 bits per heavy atom. The molecule has 1 fully saturated rings. The molecule has 102 valence electrons. The predicted octanol–water partition coefficient (Wildman–Crippen LogP) is 3.10. The van der Waals surface area contributed by atoms with Crippen LogP contribution in [0, 0.1) is 19.3 Å². The van der Waals surface area contributed by atoms with Crippen LogP contribution in [-0.2, 0) is 13.6 Å². The molecule has 1 aliphatic carbocycles. The standard InChI is InChI=1S/C15H27N3/c1-11-14(12(2)18(5)17-11)10-16-13-6-8-15(3,4)9-7-13/h13,16H,6-10H2,1-5H3. The van der Waals surface area contributed by atoms with Crippen LogP contribution in [0.4, 0.5) is 0 Å². The molecule has 3 nitrogen and oxygen atoms in total. The van der Waals surface area contributed by atoms with Crippen molar-refractivity contribution >= 4 is 0 Å². The summed E-state index contributed by atoms with van der Waals surface area (Å²) in [4.78, 5) is 0. The topological polar surface area (TPSA) is 29.9 Å². The number of nitrogens with one attached hydrogen (secondary N) is 1. The Morgan fingerprint density at radius 2 is 1.89 bits per heavy atom. The number of hydrogen-bond acceptors (Lipinski definition) is 2. The van der Waals surface area contributed by atoms with Gasteiger partial charge in [0, 0.05) is 30.9 Å². The van der Waals surface area contributed by atoms with E-state index in [2.05, 4.69) is 38.1 Å². The number of hydrogen-bond donors (Lipinski definition) is 1. The fourth-order valence-corrected chi connectivity index (χ4v) is 2.92. The van der Waals surface area contributed by atoms with E-state index in [1.807, 2.05) is 11.7 Å². The van der Waals surface area contributed by atoms with Crippen LogP contribution in [0.2, 0.25) is 0 Å². The molecule has 1 heterocycles. The molecule has 0 unspecified atom stereocenters. The van der Waals surface area contributed by atoms with Crippen LogP contribution in [0.25, 0.3) is 0 Å². The Kier molecular flexibility index (Phi) is 3.81. The molecule has 2 rings (SSSR count). The summed E-state index contributed by atoms with van der Waals surface area (Å²) in [5.74, 6) is 0. The van der Waals surface area contributed by atoms with Gasteiger partial charge >= 0.3 is 0 Å². The van der Waals surface area contributed by atoms with Gasteiger partial charge in [-0.2, -0.15) is 5.10 Å². The van der Waals surface area contributed by atoms with Gasteiger partial charge in [0.2, 0.25) is 0 Å². The Hall–Kier alpha value is -0.830. The first-order valence-corrected chi connectivity index (χ1v) is 7.11. The summed E-state index contributed by atoms with van der Waals surface area (Å²) in [6.07, 6.45) is 5.31. The number of nitrogens with zero attached hydrogens (tertiary/aromatic N) is 2. The van der Waals surface area contributed by atoms with Crippen molar-refractivity contribution in [2.24, 2.45) is 12.5 Å². The Morgan fingerprint density at radius 1 is 1.28 bits per heavy atom. The van der Waals surface area contributed by atoms with E-state index in [0.29, 0.717) is 11.5 Å². The lowest BCUT2D eigenvalue weighted by atomic mass is 9.75. The highest BCUT2D eigenvalue weighted by Gasteiger charge is 2.26. The highest BCUT2D eigenvalue weighted by atomic mass is 15.3. The van der Waals surface area contributed by atoms with E-state index in [-0.39, 0.29) is 0 Å². The highest BCUT2D eigenvalue weighted by molar-refractivity contribution is 5.24. The van der Waals surface area contributed by atoms with E-state index in [9.17, 15) is 0 Å². The molecule has 0 aliphatic heterocycles. The summed E-state index contributed by atoms with van der Waals surface area (Å²) in [7, 11) is 2.02. The Labute approximate surface area is 111 Å². The van der Waals surface area contributed by atoms with E-state index in [1.54, 1.807) is 0 Å². The molecule has 18 heavy (non-hydrogen) atoms. The van der Waals surface area contributed by atoms with Gasteiger partial charge in [-0.15, -0.1) is 0 Å². The molecule has 1 N–H and O–H groups in total. The van der Waals surface area contributed by atoms with E-state index in [4.69, 9.17) is 0 Å². The third kappa shape index (κ3) is 2.94. The lowest BCUT2D eigenvalue weighted by Gasteiger charge is -2.34. The molecule has 1 aromatic rings. The van der Waals surface area contributed by atoms with Gasteiger partial charge in [0.05, 0.1) is 5.69 Å². The summed E-state index contributed by atoms with van der Waals surface area (Å²) in [5, 5.41) is 8.19. The third-order valence-corrected chi connectivity index (χ3v) is 4.57. The first-order chi connectivity index (χ1) is 8.39. The summed E-state index contributed by atoms with van der Waals surface area (Å²) >= 11 is 0. The number of aromatic nitrogens is 2. The predicted molar refractivity (Wildman–Crippen MR) is 75.6 cm³/mol. The molecule has 1 saturated carbocycles. The SMILES string of the molecule is Cc1nn(C)c(C)c1CNC1CCC(C)(C)CC1. The molecule has 0 amide bonds. The van der Waals surface area contributed by atoms with E-state index in [1.165, 1.54) is 42.6 Å². The van der Waals surface area contributed by atoms with Crippen LogP contribution >= 0.6 is 0 Å². The van der Waals surface area contributed by atoms with Crippen molar-refractivity contribution in [1.29, 1.82) is 0 Å². The summed E-state index contributed by atoms with van der Waals surface area (Å²) in [6.45, 7) is 10.0. The first kappa shape index (κ1) is 13.6. The van der Waals surface area contributed by atoms with E-state index < -0.39 is 0 Å². The van der Waals surface area contributed by atoms with Crippen molar-refractivity contribution in [3.8, 4) is 0 Å². The van der Waals surface area contributed by atoms with Crippen LogP contribution in [-0.4, -0.2) is 15.8 Å². The van der Waals surface area contributed by atoms with Gasteiger partial charge in [-0.05, 0) is 44.9 Å². The summed E-state index contributed by atoms with van der Waals surface area (Å²) < 4.78 is 1.98. The third-order valence-electron chi connectivity index (χ3n) is 4.57. The molecule has 0 spiro atoms. The molecule has 0 radical (unpaired) electrons. The molecule has 0 atom stereocenters. The van der Waals surface area contributed by atoms with Crippen molar-refractivity contribution in [3.63, 3.8) is 0 Å². The van der Waals surface area contributed by atoms with E-state index in [0.717, 1.165) is 6.54 Å². The second-order valence-electron chi connectivity index (χ2n) is 6.59. The van der Waals surface area contributed by atoms with Gasteiger partial charge in [-0.3, -0.25) is 4.68 Å². The number of aryl methyl sites for hydroxylation is 2. The lowest BCUT2D eigenvalue weighted by Crippen LogP contribution is -2.35. The minimum Gasteiger partial charge on any atom is -0.310 e. The van der Waals surface area contributed by atoms with Crippen molar-refractivity contribution < 1.29 is 0 Å². The van der Waals surface area contributed by atoms with Crippen LogP contribution in [0.15, 0.2) is 0 Å². The summed E-state index contributed by atoms with van der Waals surface area (Å²) in [5.41, 5.74) is 4.38. The average Bonchev–Trinajstić information content (AvgIpc) is 2.53. The molecule has 1 aromatic heterocycles. The molecule has 3 heteroatoms. The Balaban J connectivity index is 1.89. The monoisotopic (exact) mass is 249 g/mol. The zero-order valence-corrected chi connectivity index (χ0v) is 12.5. The van der Waals surface area contributed by atoms with Gasteiger partial charge in [-0.25, -0.2) is 0 Å². The van der Waals surface area contributed by atoms with Gasteiger partial charge in [0.1, 0.15) is 0 Å². The summed E-state index contributed by atoms with van der Waals surface area (Å²) in [6, 6.07) is 0.692. The minimum atomic E-state index is 0.554. The van der Waals surface area contributed by atoms with Crippen molar-refractivity contribution in [1.82, 2.24) is 15.1 Å². The second-order valence-corrected chi connectivity index (χ2v) is 6.59. The first-order valence-electron chi connectivity index (χ1n) is 7.11. The van der Waals surface area contributed by atoms with Crippen LogP contribution in [0.5, 0.6) is 0 Å². The fourth-order valence-electron chi connectivity index (χ4n) is 2.92. The molecular weight excluding hydrogens is 222 g/mol. The maximum absolute atomic E-state index is 4.47.